The summed E-state index contributed by atoms with van der Waals surface area (Å²) in [6.07, 6.45) is 1.86. The van der Waals surface area contributed by atoms with E-state index in [4.69, 9.17) is 10.5 Å². The molecule has 2 aromatic rings. The average molecular weight is 305 g/mol. The first-order valence-electron chi connectivity index (χ1n) is 6.69. The number of benzene rings is 1. The van der Waals surface area contributed by atoms with Gasteiger partial charge in [0.05, 0.1) is 13.2 Å². The highest BCUT2D eigenvalue weighted by atomic mass is 32.2. The van der Waals surface area contributed by atoms with Gasteiger partial charge in [0.15, 0.2) is 0 Å². The van der Waals surface area contributed by atoms with E-state index in [9.17, 15) is 4.79 Å². The Labute approximate surface area is 128 Å². The molecule has 0 unspecified atom stereocenters. The molecule has 0 spiro atoms. The SMILES string of the molecule is CCOC(=O)c1c(SC)nn(Cc2cccc(C)c2)c1N. The predicted octanol–water partition coefficient (Wildman–Crippen LogP) is 2.72. The van der Waals surface area contributed by atoms with Crippen LogP contribution in [0.15, 0.2) is 29.3 Å². The second kappa shape index (κ2) is 6.67. The summed E-state index contributed by atoms with van der Waals surface area (Å²) in [5.74, 6) is -0.0749. The first-order valence-corrected chi connectivity index (χ1v) is 7.92. The van der Waals surface area contributed by atoms with Gasteiger partial charge in [-0.2, -0.15) is 5.10 Å². The summed E-state index contributed by atoms with van der Waals surface area (Å²) in [7, 11) is 0. The van der Waals surface area contributed by atoms with Crippen LogP contribution in [0, 0.1) is 6.92 Å². The van der Waals surface area contributed by atoms with Crippen molar-refractivity contribution in [3.63, 3.8) is 0 Å². The number of aryl methyl sites for hydroxylation is 1. The fraction of sp³-hybridized carbons (Fsp3) is 0.333. The number of carbonyl (C=O) groups excluding carboxylic acids is 1. The van der Waals surface area contributed by atoms with E-state index in [2.05, 4.69) is 11.2 Å². The lowest BCUT2D eigenvalue weighted by Crippen LogP contribution is -2.10. The Bertz CT molecular complexity index is 652. The maximum Gasteiger partial charge on any atom is 0.344 e. The Hall–Kier alpha value is -1.95. The van der Waals surface area contributed by atoms with Crippen molar-refractivity contribution >= 4 is 23.5 Å². The molecule has 0 bridgehead atoms. The molecule has 0 aliphatic rings. The largest absolute Gasteiger partial charge is 0.462 e. The Balaban J connectivity index is 2.35. The van der Waals surface area contributed by atoms with Crippen LogP contribution in [-0.2, 0) is 11.3 Å². The molecule has 21 heavy (non-hydrogen) atoms. The number of carbonyl (C=O) groups is 1. The quantitative estimate of drug-likeness (QED) is 0.679. The van der Waals surface area contributed by atoms with E-state index < -0.39 is 5.97 Å². The minimum atomic E-state index is -0.421. The third-order valence-corrected chi connectivity index (χ3v) is 3.72. The molecule has 1 aromatic carbocycles. The third kappa shape index (κ3) is 3.39. The van der Waals surface area contributed by atoms with Crippen molar-refractivity contribution in [3.05, 3.63) is 41.0 Å². The van der Waals surface area contributed by atoms with Gasteiger partial charge in [-0.05, 0) is 25.7 Å². The number of nitrogens with two attached hydrogens (primary N) is 1. The monoisotopic (exact) mass is 305 g/mol. The smallest absolute Gasteiger partial charge is 0.344 e. The number of esters is 1. The lowest BCUT2D eigenvalue weighted by molar-refractivity contribution is 0.0523. The van der Waals surface area contributed by atoms with E-state index in [-0.39, 0.29) is 0 Å². The highest BCUT2D eigenvalue weighted by Crippen LogP contribution is 2.26. The molecule has 0 atom stereocenters. The van der Waals surface area contributed by atoms with Crippen LogP contribution in [0.4, 0.5) is 5.82 Å². The normalized spacial score (nSPS) is 10.6. The van der Waals surface area contributed by atoms with Crippen LogP contribution in [0.2, 0.25) is 0 Å². The van der Waals surface area contributed by atoms with Gasteiger partial charge in [0, 0.05) is 0 Å². The number of ether oxygens (including phenoxy) is 1. The molecule has 1 heterocycles. The molecule has 0 radical (unpaired) electrons. The van der Waals surface area contributed by atoms with Crippen LogP contribution in [0.5, 0.6) is 0 Å². The summed E-state index contributed by atoms with van der Waals surface area (Å²) in [4.78, 5) is 12.0. The van der Waals surface area contributed by atoms with Gasteiger partial charge in [-0.3, -0.25) is 0 Å². The number of anilines is 1. The van der Waals surface area contributed by atoms with Gasteiger partial charge in [-0.15, -0.1) is 11.8 Å². The van der Waals surface area contributed by atoms with Gasteiger partial charge >= 0.3 is 5.97 Å². The van der Waals surface area contributed by atoms with Crippen molar-refractivity contribution in [2.24, 2.45) is 0 Å². The number of aromatic nitrogens is 2. The first-order chi connectivity index (χ1) is 10.1. The Morgan fingerprint density at radius 3 is 2.86 bits per heavy atom. The van der Waals surface area contributed by atoms with Gasteiger partial charge in [-0.1, -0.05) is 29.8 Å². The van der Waals surface area contributed by atoms with Crippen molar-refractivity contribution in [3.8, 4) is 0 Å². The molecule has 112 valence electrons. The molecule has 2 N–H and O–H groups in total. The third-order valence-electron chi connectivity index (χ3n) is 3.05. The van der Waals surface area contributed by atoms with Crippen molar-refractivity contribution < 1.29 is 9.53 Å². The van der Waals surface area contributed by atoms with Gasteiger partial charge in [0.25, 0.3) is 0 Å². The maximum atomic E-state index is 12.0. The van der Waals surface area contributed by atoms with Gasteiger partial charge in [0.2, 0.25) is 0 Å². The predicted molar refractivity (Wildman–Crippen MR) is 84.7 cm³/mol. The maximum absolute atomic E-state index is 12.0. The lowest BCUT2D eigenvalue weighted by Gasteiger charge is -2.06. The van der Waals surface area contributed by atoms with Crippen LogP contribution < -0.4 is 5.73 Å². The molecule has 0 aliphatic carbocycles. The summed E-state index contributed by atoms with van der Waals surface area (Å²) in [6.45, 7) is 4.65. The highest BCUT2D eigenvalue weighted by Gasteiger charge is 2.22. The zero-order valence-electron chi connectivity index (χ0n) is 12.4. The van der Waals surface area contributed by atoms with Crippen LogP contribution >= 0.6 is 11.8 Å². The molecule has 6 heteroatoms. The van der Waals surface area contributed by atoms with Gasteiger partial charge in [-0.25, -0.2) is 9.48 Å². The summed E-state index contributed by atoms with van der Waals surface area (Å²) >= 11 is 1.39. The van der Waals surface area contributed by atoms with Gasteiger partial charge < -0.3 is 10.5 Å². The van der Waals surface area contributed by atoms with Gasteiger partial charge in [0.1, 0.15) is 16.4 Å². The van der Waals surface area contributed by atoms with E-state index in [1.165, 1.54) is 17.3 Å². The van der Waals surface area contributed by atoms with E-state index >= 15 is 0 Å². The van der Waals surface area contributed by atoms with Crippen molar-refractivity contribution in [1.29, 1.82) is 0 Å². The standard InChI is InChI=1S/C15H19N3O2S/c1-4-20-15(19)12-13(16)18(17-14(12)21-3)9-11-7-5-6-10(2)8-11/h5-8H,4,9,16H2,1-3H3. The van der Waals surface area contributed by atoms with Crippen molar-refractivity contribution in [2.45, 2.75) is 25.4 Å². The van der Waals surface area contributed by atoms with Crippen LogP contribution in [0.1, 0.15) is 28.4 Å². The summed E-state index contributed by atoms with van der Waals surface area (Å²) in [5, 5.41) is 5.01. The first kappa shape index (κ1) is 15.4. The molecular weight excluding hydrogens is 286 g/mol. The average Bonchev–Trinajstić information content (AvgIpc) is 2.76. The fourth-order valence-corrected chi connectivity index (χ4v) is 2.67. The minimum Gasteiger partial charge on any atom is -0.462 e. The zero-order chi connectivity index (χ0) is 15.4. The Kier molecular flexibility index (Phi) is 4.90. The van der Waals surface area contributed by atoms with Crippen molar-refractivity contribution in [2.75, 3.05) is 18.6 Å². The second-order valence-electron chi connectivity index (χ2n) is 4.64. The van der Waals surface area contributed by atoms with E-state index in [0.717, 1.165) is 5.56 Å². The summed E-state index contributed by atoms with van der Waals surface area (Å²) < 4.78 is 6.69. The van der Waals surface area contributed by atoms with E-state index in [1.807, 2.05) is 31.4 Å². The summed E-state index contributed by atoms with van der Waals surface area (Å²) in [6, 6.07) is 8.11. The lowest BCUT2D eigenvalue weighted by atomic mass is 10.1. The molecule has 0 saturated carbocycles. The Morgan fingerprint density at radius 1 is 1.48 bits per heavy atom. The molecule has 0 saturated heterocycles. The van der Waals surface area contributed by atoms with Crippen LogP contribution in [0.25, 0.3) is 0 Å². The Morgan fingerprint density at radius 2 is 2.24 bits per heavy atom. The topological polar surface area (TPSA) is 70.1 Å². The minimum absolute atomic E-state index is 0.315. The highest BCUT2D eigenvalue weighted by molar-refractivity contribution is 7.98. The number of rotatable bonds is 5. The molecule has 0 fully saturated rings. The molecule has 0 amide bonds. The molecule has 2 rings (SSSR count). The number of nitrogen functional groups attached to an aromatic ring is 1. The number of thioether (sulfide) groups is 1. The van der Waals surface area contributed by atoms with E-state index in [0.29, 0.717) is 29.6 Å². The van der Waals surface area contributed by atoms with Crippen LogP contribution in [0.3, 0.4) is 0 Å². The number of nitrogens with zero attached hydrogens (tertiary/aromatic N) is 2. The molecule has 0 aliphatic heterocycles. The molecule has 1 aromatic heterocycles. The fourth-order valence-electron chi connectivity index (χ4n) is 2.09. The summed E-state index contributed by atoms with van der Waals surface area (Å²) in [5.41, 5.74) is 8.71. The van der Waals surface area contributed by atoms with Crippen LogP contribution in [-0.4, -0.2) is 28.6 Å². The molecular formula is C15H19N3O2S. The number of hydrogen-bond donors (Lipinski definition) is 1. The van der Waals surface area contributed by atoms with Crippen molar-refractivity contribution in [1.82, 2.24) is 9.78 Å². The van der Waals surface area contributed by atoms with E-state index in [1.54, 1.807) is 11.6 Å². The molecule has 5 nitrogen and oxygen atoms in total. The zero-order valence-corrected chi connectivity index (χ0v) is 13.2. The number of hydrogen-bond acceptors (Lipinski definition) is 5. The second-order valence-corrected chi connectivity index (χ2v) is 5.43.